The predicted octanol–water partition coefficient (Wildman–Crippen LogP) is 5.81. The fourth-order valence-corrected chi connectivity index (χ4v) is 3.99. The van der Waals surface area contributed by atoms with Crippen LogP contribution in [0.5, 0.6) is 0 Å². The monoisotopic (exact) mass is 333 g/mol. The van der Waals surface area contributed by atoms with Crippen molar-refractivity contribution in [2.45, 2.75) is 0 Å². The molecule has 6 rings (SSSR count). The topological polar surface area (TPSA) is 33.6 Å². The zero-order chi connectivity index (χ0) is 17.1. The molecule has 0 saturated heterocycles. The van der Waals surface area contributed by atoms with Gasteiger partial charge in [-0.05, 0) is 30.3 Å². The van der Waals surface area contributed by atoms with E-state index in [4.69, 9.17) is 4.98 Å². The van der Waals surface area contributed by atoms with Crippen molar-refractivity contribution >= 4 is 43.7 Å². The van der Waals surface area contributed by atoms with Gasteiger partial charge in [-0.2, -0.15) is 0 Å². The number of pyridine rings is 1. The third-order valence-electron chi connectivity index (χ3n) is 5.14. The number of nitrogens with one attached hydrogen (secondary N) is 1. The van der Waals surface area contributed by atoms with Crippen molar-refractivity contribution < 1.29 is 0 Å². The van der Waals surface area contributed by atoms with E-state index in [0.717, 1.165) is 27.8 Å². The van der Waals surface area contributed by atoms with E-state index in [2.05, 4.69) is 88.4 Å². The number of rotatable bonds is 1. The molecular formula is C23H15N3. The van der Waals surface area contributed by atoms with Crippen LogP contribution >= 0.6 is 0 Å². The van der Waals surface area contributed by atoms with Gasteiger partial charge in [0.2, 0.25) is 0 Å². The van der Waals surface area contributed by atoms with Crippen LogP contribution in [0.3, 0.4) is 0 Å². The second-order valence-corrected chi connectivity index (χ2v) is 6.61. The molecular weight excluding hydrogens is 318 g/mol. The second-order valence-electron chi connectivity index (χ2n) is 6.61. The molecule has 3 heteroatoms. The Morgan fingerprint density at radius 1 is 0.577 bits per heavy atom. The summed E-state index contributed by atoms with van der Waals surface area (Å²) in [6.45, 7) is 0. The lowest BCUT2D eigenvalue weighted by Crippen LogP contribution is -1.96. The first-order valence-electron chi connectivity index (χ1n) is 8.76. The molecule has 0 fully saturated rings. The third kappa shape index (κ3) is 1.74. The van der Waals surface area contributed by atoms with E-state index in [1.807, 2.05) is 6.07 Å². The molecule has 3 heterocycles. The van der Waals surface area contributed by atoms with Crippen LogP contribution in [0.4, 0.5) is 0 Å². The average molecular weight is 333 g/mol. The number of para-hydroxylation sites is 3. The van der Waals surface area contributed by atoms with Gasteiger partial charge in [0.15, 0.2) is 0 Å². The lowest BCUT2D eigenvalue weighted by atomic mass is 10.2. The molecule has 26 heavy (non-hydrogen) atoms. The van der Waals surface area contributed by atoms with E-state index in [9.17, 15) is 0 Å². The summed E-state index contributed by atoms with van der Waals surface area (Å²) in [4.78, 5) is 8.49. The van der Waals surface area contributed by atoms with Gasteiger partial charge in [-0.3, -0.25) is 4.57 Å². The van der Waals surface area contributed by atoms with Crippen LogP contribution in [0.2, 0.25) is 0 Å². The molecule has 0 spiro atoms. The maximum atomic E-state index is 5.04. The van der Waals surface area contributed by atoms with Crippen molar-refractivity contribution in [3.63, 3.8) is 0 Å². The minimum Gasteiger partial charge on any atom is -0.353 e. The summed E-state index contributed by atoms with van der Waals surface area (Å²) in [7, 11) is 0. The molecule has 1 N–H and O–H groups in total. The Morgan fingerprint density at radius 2 is 1.19 bits per heavy atom. The van der Waals surface area contributed by atoms with Crippen LogP contribution in [-0.2, 0) is 0 Å². The molecule has 0 atom stereocenters. The first kappa shape index (κ1) is 13.7. The van der Waals surface area contributed by atoms with Gasteiger partial charge in [-0.15, -0.1) is 0 Å². The Labute approximate surface area is 149 Å². The number of aromatic amines is 1. The number of H-pyrrole nitrogens is 1. The smallest absolute Gasteiger partial charge is 0.138 e. The van der Waals surface area contributed by atoms with Crippen LogP contribution in [0.1, 0.15) is 0 Å². The number of hydrogen-bond donors (Lipinski definition) is 1. The van der Waals surface area contributed by atoms with E-state index in [-0.39, 0.29) is 0 Å². The van der Waals surface area contributed by atoms with Gasteiger partial charge in [0.25, 0.3) is 0 Å². The van der Waals surface area contributed by atoms with Crippen LogP contribution in [0, 0.1) is 0 Å². The fraction of sp³-hybridized carbons (Fsp3) is 0. The summed E-state index contributed by atoms with van der Waals surface area (Å²) in [5, 5.41) is 3.66. The molecule has 0 saturated carbocycles. The van der Waals surface area contributed by atoms with Crippen molar-refractivity contribution in [1.29, 1.82) is 0 Å². The van der Waals surface area contributed by atoms with Crippen molar-refractivity contribution in [2.24, 2.45) is 0 Å². The zero-order valence-electron chi connectivity index (χ0n) is 14.0. The van der Waals surface area contributed by atoms with Gasteiger partial charge < -0.3 is 4.98 Å². The summed E-state index contributed by atoms with van der Waals surface area (Å²) in [6.07, 6.45) is 0. The Bertz CT molecular complexity index is 1380. The number of fused-ring (bicyclic) bond motifs is 6. The van der Waals surface area contributed by atoms with Crippen molar-refractivity contribution in [1.82, 2.24) is 14.5 Å². The largest absolute Gasteiger partial charge is 0.353 e. The summed E-state index contributed by atoms with van der Waals surface area (Å²) in [6, 6.07) is 29.6. The molecule has 3 aromatic heterocycles. The Kier molecular flexibility index (Phi) is 2.61. The first-order valence-corrected chi connectivity index (χ1v) is 8.76. The molecule has 0 amide bonds. The van der Waals surface area contributed by atoms with E-state index in [1.54, 1.807) is 0 Å². The third-order valence-corrected chi connectivity index (χ3v) is 5.14. The highest BCUT2D eigenvalue weighted by atomic mass is 15.1. The molecule has 0 aliphatic carbocycles. The number of nitrogens with zero attached hydrogens (tertiary/aromatic N) is 2. The Morgan fingerprint density at radius 3 is 1.92 bits per heavy atom. The molecule has 0 radical (unpaired) electrons. The molecule has 3 nitrogen and oxygen atoms in total. The summed E-state index contributed by atoms with van der Waals surface area (Å²) in [5.41, 5.74) is 5.56. The highest BCUT2D eigenvalue weighted by molar-refractivity contribution is 6.09. The van der Waals surface area contributed by atoms with Crippen molar-refractivity contribution in [3.8, 4) is 5.82 Å². The second kappa shape index (κ2) is 4.96. The van der Waals surface area contributed by atoms with Crippen LogP contribution in [-0.4, -0.2) is 14.5 Å². The quantitative estimate of drug-likeness (QED) is 0.404. The van der Waals surface area contributed by atoms with Crippen LogP contribution < -0.4 is 0 Å². The van der Waals surface area contributed by atoms with E-state index >= 15 is 0 Å². The SMILES string of the molecule is c1ccc2c(c1)[nH]c1ccc(-n3c4ccccc4c4ccccc43)nc12. The van der Waals surface area contributed by atoms with Gasteiger partial charge in [-0.1, -0.05) is 54.6 Å². The number of hydrogen-bond acceptors (Lipinski definition) is 1. The van der Waals surface area contributed by atoms with Crippen molar-refractivity contribution in [3.05, 3.63) is 84.9 Å². The van der Waals surface area contributed by atoms with Gasteiger partial charge in [0, 0.05) is 21.7 Å². The summed E-state index contributed by atoms with van der Waals surface area (Å²) >= 11 is 0. The fourth-order valence-electron chi connectivity index (χ4n) is 3.99. The highest BCUT2D eigenvalue weighted by Gasteiger charge is 2.13. The van der Waals surface area contributed by atoms with Gasteiger partial charge in [-0.25, -0.2) is 4.98 Å². The first-order chi connectivity index (χ1) is 12.9. The standard InChI is InChI=1S/C23H15N3/c1-4-10-18-17(9-1)23-19(24-18)13-14-22(25-23)26-20-11-5-2-7-15(20)16-8-3-6-12-21(16)26/h1-14,24H. The minimum absolute atomic E-state index is 0.944. The normalized spacial score (nSPS) is 11.8. The summed E-state index contributed by atoms with van der Waals surface area (Å²) < 4.78 is 2.26. The van der Waals surface area contributed by atoms with Crippen molar-refractivity contribution in [2.75, 3.05) is 0 Å². The minimum atomic E-state index is 0.944. The Balaban J connectivity index is 1.76. The van der Waals surface area contributed by atoms with Crippen LogP contribution in [0.15, 0.2) is 84.9 Å². The lowest BCUT2D eigenvalue weighted by Gasteiger charge is -2.07. The predicted molar refractivity (Wildman–Crippen MR) is 108 cm³/mol. The Hall–Kier alpha value is -3.59. The summed E-state index contributed by atoms with van der Waals surface area (Å²) in [5.74, 6) is 0.944. The average Bonchev–Trinajstić information content (AvgIpc) is 3.23. The maximum Gasteiger partial charge on any atom is 0.138 e. The van der Waals surface area contributed by atoms with E-state index in [0.29, 0.717) is 0 Å². The molecule has 122 valence electrons. The molecule has 0 aliphatic heterocycles. The number of benzene rings is 3. The zero-order valence-corrected chi connectivity index (χ0v) is 14.0. The number of aromatic nitrogens is 3. The maximum absolute atomic E-state index is 5.04. The van der Waals surface area contributed by atoms with Gasteiger partial charge in [0.1, 0.15) is 5.82 Å². The molecule has 0 bridgehead atoms. The van der Waals surface area contributed by atoms with E-state index < -0.39 is 0 Å². The van der Waals surface area contributed by atoms with E-state index in [1.165, 1.54) is 21.8 Å². The van der Waals surface area contributed by atoms with Gasteiger partial charge in [0.05, 0.1) is 22.1 Å². The van der Waals surface area contributed by atoms with Crippen LogP contribution in [0.25, 0.3) is 49.6 Å². The molecule has 3 aromatic carbocycles. The highest BCUT2D eigenvalue weighted by Crippen LogP contribution is 2.32. The molecule has 0 unspecified atom stereocenters. The molecule has 0 aliphatic rings. The van der Waals surface area contributed by atoms with Gasteiger partial charge >= 0.3 is 0 Å². The lowest BCUT2D eigenvalue weighted by molar-refractivity contribution is 1.10. The molecule has 6 aromatic rings.